The van der Waals surface area contributed by atoms with E-state index >= 15 is 0 Å². The molecule has 61 heavy (non-hydrogen) atoms. The average Bonchev–Trinajstić information content (AvgIpc) is 4.09. The Bertz CT molecular complexity index is 2300. The quantitative estimate of drug-likeness (QED) is 0.183. The lowest BCUT2D eigenvalue weighted by atomic mass is 9.85. The highest BCUT2D eigenvalue weighted by Gasteiger charge is 2.66. The van der Waals surface area contributed by atoms with Gasteiger partial charge in [0.2, 0.25) is 11.8 Å². The number of carbonyl (C=O) groups excluding carboxylic acids is 4. The lowest BCUT2D eigenvalue weighted by Gasteiger charge is -2.36. The zero-order valence-corrected chi connectivity index (χ0v) is 37.6. The van der Waals surface area contributed by atoms with Crippen molar-refractivity contribution in [3.8, 4) is 22.8 Å². The first-order valence-corrected chi connectivity index (χ1v) is 22.1. The Balaban J connectivity index is 1.36. The minimum absolute atomic E-state index is 0.00990. The van der Waals surface area contributed by atoms with E-state index in [0.29, 0.717) is 32.4 Å². The molecule has 330 valence electrons. The van der Waals surface area contributed by atoms with E-state index in [4.69, 9.17) is 23.9 Å². The highest BCUT2D eigenvalue weighted by Crippen LogP contribution is 2.51. The number of rotatable bonds is 14. The van der Waals surface area contributed by atoms with Crippen LogP contribution in [0.2, 0.25) is 0 Å². The average molecular weight is 862 g/mol. The molecule has 2 aromatic carbocycles. The minimum Gasteiger partial charge on any atom is -0.497 e. The summed E-state index contributed by atoms with van der Waals surface area (Å²) in [7, 11) is -1.55. The van der Waals surface area contributed by atoms with E-state index in [9.17, 15) is 27.6 Å². The molecule has 0 radical (unpaired) electrons. The normalized spacial score (nSPS) is 22.5. The highest BCUT2D eigenvalue weighted by molar-refractivity contribution is 7.91. The Morgan fingerprint density at radius 3 is 2.25 bits per heavy atom. The van der Waals surface area contributed by atoms with Crippen molar-refractivity contribution in [1.29, 1.82) is 0 Å². The molecule has 16 heteroatoms. The van der Waals surface area contributed by atoms with Crippen molar-refractivity contribution in [2.75, 3.05) is 20.7 Å². The summed E-state index contributed by atoms with van der Waals surface area (Å²) in [5, 5.41) is 6.28. The van der Waals surface area contributed by atoms with Crippen LogP contribution in [0.5, 0.6) is 11.5 Å². The van der Waals surface area contributed by atoms with Crippen molar-refractivity contribution >= 4 is 44.7 Å². The fraction of sp³-hybridized carbons (Fsp3) is 0.533. The molecule has 3 aliphatic rings. The van der Waals surface area contributed by atoms with Crippen molar-refractivity contribution in [3.63, 3.8) is 0 Å². The van der Waals surface area contributed by atoms with Crippen molar-refractivity contribution in [3.05, 3.63) is 67.3 Å². The minimum atomic E-state index is -4.29. The third-order valence-electron chi connectivity index (χ3n) is 11.2. The molecule has 2 aliphatic carbocycles. The molecule has 3 fully saturated rings. The van der Waals surface area contributed by atoms with Gasteiger partial charge in [0.1, 0.15) is 40.8 Å². The van der Waals surface area contributed by atoms with Crippen LogP contribution in [0.25, 0.3) is 22.2 Å². The molecular weight excluding hydrogens is 803 g/mol. The molecule has 15 nitrogen and oxygen atoms in total. The molecule has 2 heterocycles. The molecule has 5 unspecified atom stereocenters. The second-order valence-corrected chi connectivity index (χ2v) is 20.8. The maximum Gasteiger partial charge on any atom is 0.408 e. The highest BCUT2D eigenvalue weighted by atomic mass is 32.2. The maximum absolute atomic E-state index is 14.8. The number of likely N-dealkylation sites (tertiary alicyclic amines) is 1. The van der Waals surface area contributed by atoms with Gasteiger partial charge in [-0.25, -0.2) is 22.5 Å². The van der Waals surface area contributed by atoms with Crippen molar-refractivity contribution in [2.24, 2.45) is 11.3 Å². The van der Waals surface area contributed by atoms with Gasteiger partial charge < -0.3 is 34.5 Å². The van der Waals surface area contributed by atoms with E-state index in [0.717, 1.165) is 5.56 Å². The molecule has 0 bridgehead atoms. The van der Waals surface area contributed by atoms with Gasteiger partial charge in [-0.3, -0.25) is 14.4 Å². The third-order valence-corrected chi connectivity index (χ3v) is 13.5. The van der Waals surface area contributed by atoms with E-state index in [1.165, 1.54) is 18.0 Å². The Hall–Kier alpha value is -5.22. The molecule has 4 amide bonds. The summed E-state index contributed by atoms with van der Waals surface area (Å²) >= 11 is 0. The largest absolute Gasteiger partial charge is 0.497 e. The first-order chi connectivity index (χ1) is 28.4. The molecule has 5 atom stereocenters. The summed E-state index contributed by atoms with van der Waals surface area (Å²) < 4.78 is 52.0. The van der Waals surface area contributed by atoms with E-state index in [1.807, 2.05) is 42.5 Å². The Kier molecular flexibility index (Phi) is 12.3. The van der Waals surface area contributed by atoms with Gasteiger partial charge in [0.05, 0.1) is 31.0 Å². The van der Waals surface area contributed by atoms with Crippen LogP contribution in [0.4, 0.5) is 4.79 Å². The number of likely N-dealkylation sites (N-methyl/N-ethyl adjacent to an activating group) is 1. The van der Waals surface area contributed by atoms with Crippen LogP contribution < -0.4 is 20.1 Å². The number of hydrogen-bond donors (Lipinski definition) is 2. The third kappa shape index (κ3) is 9.35. The van der Waals surface area contributed by atoms with Crippen LogP contribution in [-0.2, 0) is 33.9 Å². The Morgan fingerprint density at radius 1 is 1.02 bits per heavy atom. The van der Waals surface area contributed by atoms with Crippen LogP contribution in [0.3, 0.4) is 0 Å². The zero-order chi connectivity index (χ0) is 44.9. The number of amides is 4. The number of alkyl carbamates (subject to hydrolysis) is 1. The summed E-state index contributed by atoms with van der Waals surface area (Å²) in [6.45, 7) is 17.7. The summed E-state index contributed by atoms with van der Waals surface area (Å²) in [6, 6.07) is 14.4. The monoisotopic (exact) mass is 861 g/mol. The molecule has 6 rings (SSSR count). The number of pyridine rings is 1. The molecular formula is C45H59N5O10S. The number of nitrogens with zero attached hydrogens (tertiary/aromatic N) is 3. The molecule has 1 aliphatic heterocycles. The number of fused-ring (bicyclic) bond motifs is 1. The lowest BCUT2D eigenvalue weighted by Crippen LogP contribution is -2.60. The van der Waals surface area contributed by atoms with Crippen molar-refractivity contribution in [1.82, 2.24) is 24.8 Å². The van der Waals surface area contributed by atoms with Crippen LogP contribution in [0.15, 0.2) is 67.3 Å². The van der Waals surface area contributed by atoms with Crippen molar-refractivity contribution < 1.29 is 46.5 Å². The smallest absolute Gasteiger partial charge is 0.408 e. The summed E-state index contributed by atoms with van der Waals surface area (Å²) in [5.41, 5.74) is -1.29. The molecule has 3 aromatic rings. The molecule has 2 N–H and O–H groups in total. The second-order valence-electron chi connectivity index (χ2n) is 18.5. The van der Waals surface area contributed by atoms with Crippen LogP contribution in [0, 0.1) is 11.3 Å². The zero-order valence-electron chi connectivity index (χ0n) is 36.7. The Morgan fingerprint density at radius 2 is 1.69 bits per heavy atom. The maximum atomic E-state index is 14.8. The second kappa shape index (κ2) is 16.6. The van der Waals surface area contributed by atoms with Crippen LogP contribution in [-0.4, -0.2) is 107 Å². The number of nitrogens with one attached hydrogen (secondary N) is 2. The number of aromatic nitrogens is 1. The van der Waals surface area contributed by atoms with Gasteiger partial charge in [0.15, 0.2) is 4.93 Å². The SMILES string of the molecule is C=CC1CC1(NC(=O)C1CC(Oc2cc(-c3ccccc3)nc3cc(OC)ccc23)CN1C(=O)C(NC(=O)OC(C)(C)C)C(C)(C)C)C(=O)N(C)S(=O)(=O)C1(OC(C)C)CC1. The summed E-state index contributed by atoms with van der Waals surface area (Å²) in [6.07, 6.45) is 0.0837. The standard InChI is InChI=1S/C45H59N5O10S/c1-12-29-25-45(29,40(53)49(10)61(55,56)44(20-21-44)59-27(2)3)48-38(51)35-23-31(26-50(35)39(52)37(42(4,5)6)47-41(54)60-43(7,8)9)58-36-24-33(28-16-14-13-15-17-28)46-34-22-30(57-11)18-19-32(34)36/h12-19,22,24,27,29,31,35,37H,1,20-21,23,25-26H2,2-11H3,(H,47,54)(H,48,51). The summed E-state index contributed by atoms with van der Waals surface area (Å²) in [5.74, 6) is -1.64. The fourth-order valence-electron chi connectivity index (χ4n) is 7.88. The van der Waals surface area contributed by atoms with Gasteiger partial charge in [-0.05, 0) is 71.4 Å². The Labute approximate surface area is 358 Å². The molecule has 0 spiro atoms. The van der Waals surface area contributed by atoms with E-state index < -0.39 is 85.5 Å². The van der Waals surface area contributed by atoms with Crippen LogP contribution in [0.1, 0.15) is 81.1 Å². The predicted octanol–water partition coefficient (Wildman–Crippen LogP) is 5.96. The topological polar surface area (TPSA) is 183 Å². The van der Waals surface area contributed by atoms with Crippen LogP contribution >= 0.6 is 0 Å². The number of sulfonamides is 1. The first-order valence-electron chi connectivity index (χ1n) is 20.6. The predicted molar refractivity (Wildman–Crippen MR) is 230 cm³/mol. The van der Waals surface area contributed by atoms with Gasteiger partial charge in [-0.2, -0.15) is 0 Å². The number of hydrogen-bond acceptors (Lipinski definition) is 11. The van der Waals surface area contributed by atoms with Gasteiger partial charge in [-0.15, -0.1) is 6.58 Å². The van der Waals surface area contributed by atoms with Gasteiger partial charge in [-0.1, -0.05) is 57.2 Å². The van der Waals surface area contributed by atoms with E-state index in [2.05, 4.69) is 17.2 Å². The van der Waals surface area contributed by atoms with E-state index in [-0.39, 0.29) is 32.2 Å². The molecule has 2 saturated carbocycles. The first kappa shape index (κ1) is 45.3. The van der Waals surface area contributed by atoms with E-state index in [1.54, 1.807) is 74.6 Å². The van der Waals surface area contributed by atoms with Gasteiger partial charge in [0, 0.05) is 42.5 Å². The lowest BCUT2D eigenvalue weighted by molar-refractivity contribution is -0.143. The van der Waals surface area contributed by atoms with Crippen molar-refractivity contribution in [2.45, 2.75) is 121 Å². The number of carbonyl (C=O) groups is 4. The molecule has 1 saturated heterocycles. The van der Waals surface area contributed by atoms with Gasteiger partial charge >= 0.3 is 6.09 Å². The van der Waals surface area contributed by atoms with Gasteiger partial charge in [0.25, 0.3) is 15.9 Å². The summed E-state index contributed by atoms with van der Waals surface area (Å²) in [4.78, 5) is 61.8. The fourth-order valence-corrected chi connectivity index (χ4v) is 9.69. The number of ether oxygens (including phenoxy) is 4. The number of methoxy groups -OCH3 is 1. The molecule has 1 aromatic heterocycles. The number of benzene rings is 2.